The number of aliphatic imine (C=N–C) groups is 1. The molecule has 0 spiro atoms. The van der Waals surface area contributed by atoms with Gasteiger partial charge in [-0.05, 0) is 47.4 Å². The number of benzene rings is 2. The molecule has 8 nitrogen and oxygen atoms in total. The number of ether oxygens (including phenoxy) is 1. The van der Waals surface area contributed by atoms with Crippen LogP contribution in [0, 0.1) is 6.92 Å². The summed E-state index contributed by atoms with van der Waals surface area (Å²) < 4.78 is 5.64. The number of amidine groups is 1. The van der Waals surface area contributed by atoms with Gasteiger partial charge in [0.2, 0.25) is 5.84 Å². The molecule has 0 fully saturated rings. The molecule has 4 N–H and O–H groups in total. The summed E-state index contributed by atoms with van der Waals surface area (Å²) in [5.74, 6) is 0.819. The van der Waals surface area contributed by atoms with Crippen molar-refractivity contribution >= 4 is 17.6 Å². The van der Waals surface area contributed by atoms with E-state index in [4.69, 9.17) is 15.6 Å². The number of nitrogens with one attached hydrogen (secondary N) is 1. The van der Waals surface area contributed by atoms with Crippen molar-refractivity contribution in [3.63, 3.8) is 0 Å². The van der Waals surface area contributed by atoms with Crippen molar-refractivity contribution in [1.29, 1.82) is 0 Å². The standard InChI is InChI=1S/C24H25N5O3/c1-16-19(8-5-9-20(16)32-13-12-30)18-10-11-26-21(15-18)29-22(27-24(28-29)23(25)31)14-17-6-3-2-4-7-17/h2-11,15,22,30H,12-14H2,1H3,(H2,25,31)(H,27,28). The lowest BCUT2D eigenvalue weighted by atomic mass is 10.0. The van der Waals surface area contributed by atoms with Crippen molar-refractivity contribution in [1.82, 2.24) is 10.4 Å². The number of anilines is 1. The molecule has 32 heavy (non-hydrogen) atoms. The molecule has 3 aromatic rings. The summed E-state index contributed by atoms with van der Waals surface area (Å²) >= 11 is 0. The minimum atomic E-state index is -0.619. The average molecular weight is 431 g/mol. The third-order valence-electron chi connectivity index (χ3n) is 5.23. The van der Waals surface area contributed by atoms with E-state index in [1.54, 1.807) is 11.2 Å². The number of amides is 1. The van der Waals surface area contributed by atoms with E-state index in [-0.39, 0.29) is 25.2 Å². The third kappa shape index (κ3) is 4.55. The minimum absolute atomic E-state index is 0.0469. The van der Waals surface area contributed by atoms with E-state index < -0.39 is 5.91 Å². The quantitative estimate of drug-likeness (QED) is 0.504. The number of rotatable bonds is 8. The molecular formula is C24H25N5O3. The highest BCUT2D eigenvalue weighted by atomic mass is 16.5. The largest absolute Gasteiger partial charge is 0.491 e. The molecule has 164 valence electrons. The van der Waals surface area contributed by atoms with Crippen molar-refractivity contribution in [3.05, 3.63) is 78.0 Å². The molecule has 0 saturated carbocycles. The van der Waals surface area contributed by atoms with Gasteiger partial charge >= 0.3 is 0 Å². The molecule has 2 aromatic carbocycles. The molecule has 1 aromatic heterocycles. The Labute approximate surface area is 186 Å². The van der Waals surface area contributed by atoms with Gasteiger partial charge in [-0.1, -0.05) is 42.5 Å². The molecule has 1 aliphatic rings. The first kappa shape index (κ1) is 21.3. The summed E-state index contributed by atoms with van der Waals surface area (Å²) in [5, 5.41) is 10.8. The zero-order chi connectivity index (χ0) is 22.5. The number of aliphatic hydroxyl groups is 1. The van der Waals surface area contributed by atoms with Gasteiger partial charge < -0.3 is 15.6 Å². The number of hydrazine groups is 1. The lowest BCUT2D eigenvalue weighted by molar-refractivity contribution is -0.112. The van der Waals surface area contributed by atoms with E-state index in [9.17, 15) is 4.79 Å². The average Bonchev–Trinajstić information content (AvgIpc) is 3.23. The van der Waals surface area contributed by atoms with Crippen molar-refractivity contribution in [2.45, 2.75) is 19.5 Å². The van der Waals surface area contributed by atoms with E-state index >= 15 is 0 Å². The van der Waals surface area contributed by atoms with Gasteiger partial charge in [0.15, 0.2) is 0 Å². The van der Waals surface area contributed by atoms with Crippen LogP contribution in [-0.4, -0.2) is 41.2 Å². The first-order valence-corrected chi connectivity index (χ1v) is 10.3. The topological polar surface area (TPSA) is 113 Å². The molecule has 0 radical (unpaired) electrons. The SMILES string of the molecule is Cc1c(OCCO)cccc1-c1ccnc(N2NC(C(N)=O)=NC2Cc2ccccc2)c1. The Morgan fingerprint density at radius 3 is 2.75 bits per heavy atom. The first-order chi connectivity index (χ1) is 15.6. The summed E-state index contributed by atoms with van der Waals surface area (Å²) in [5.41, 5.74) is 12.5. The molecule has 2 heterocycles. The molecule has 0 bridgehead atoms. The number of aliphatic hydroxyl groups excluding tert-OH is 1. The van der Waals surface area contributed by atoms with Crippen molar-refractivity contribution in [3.8, 4) is 16.9 Å². The maximum Gasteiger partial charge on any atom is 0.285 e. The fourth-order valence-corrected chi connectivity index (χ4v) is 3.67. The summed E-state index contributed by atoms with van der Waals surface area (Å²) in [6.07, 6.45) is 1.93. The van der Waals surface area contributed by atoms with Crippen LogP contribution in [-0.2, 0) is 11.2 Å². The summed E-state index contributed by atoms with van der Waals surface area (Å²) in [4.78, 5) is 20.8. The second kappa shape index (κ2) is 9.49. The van der Waals surface area contributed by atoms with E-state index in [2.05, 4.69) is 15.4 Å². The van der Waals surface area contributed by atoms with Crippen LogP contribution in [0.15, 0.2) is 71.9 Å². The fourth-order valence-electron chi connectivity index (χ4n) is 3.67. The summed E-state index contributed by atoms with van der Waals surface area (Å²) in [6, 6.07) is 19.6. The van der Waals surface area contributed by atoms with Gasteiger partial charge in [-0.25, -0.2) is 15.0 Å². The Bertz CT molecular complexity index is 1130. The maximum absolute atomic E-state index is 11.8. The number of nitrogens with two attached hydrogens (primary N) is 1. The Morgan fingerprint density at radius 2 is 2.00 bits per heavy atom. The van der Waals surface area contributed by atoms with Gasteiger partial charge in [0.05, 0.1) is 6.61 Å². The minimum Gasteiger partial charge on any atom is -0.491 e. The number of carbonyl (C=O) groups is 1. The number of hydrogen-bond donors (Lipinski definition) is 3. The lowest BCUT2D eigenvalue weighted by Crippen LogP contribution is -2.45. The molecule has 1 unspecified atom stereocenters. The number of carbonyl (C=O) groups excluding carboxylic acids is 1. The number of pyridine rings is 1. The van der Waals surface area contributed by atoms with Gasteiger partial charge in [0.1, 0.15) is 24.3 Å². The van der Waals surface area contributed by atoms with Gasteiger partial charge in [-0.2, -0.15) is 0 Å². The number of hydrogen-bond acceptors (Lipinski definition) is 7. The third-order valence-corrected chi connectivity index (χ3v) is 5.23. The number of nitrogens with zero attached hydrogens (tertiary/aromatic N) is 3. The van der Waals surface area contributed by atoms with E-state index in [1.807, 2.05) is 67.6 Å². The highest BCUT2D eigenvalue weighted by Gasteiger charge is 2.30. The molecular weight excluding hydrogens is 406 g/mol. The van der Waals surface area contributed by atoms with Crippen LogP contribution >= 0.6 is 0 Å². The van der Waals surface area contributed by atoms with E-state index in [1.165, 1.54) is 0 Å². The zero-order valence-electron chi connectivity index (χ0n) is 17.7. The Morgan fingerprint density at radius 1 is 1.19 bits per heavy atom. The number of primary amides is 1. The van der Waals surface area contributed by atoms with Crippen molar-refractivity contribution in [2.24, 2.45) is 10.7 Å². The second-order valence-corrected chi connectivity index (χ2v) is 7.40. The van der Waals surface area contributed by atoms with Gasteiger partial charge in [-0.15, -0.1) is 0 Å². The van der Waals surface area contributed by atoms with Crippen molar-refractivity contribution in [2.75, 3.05) is 18.2 Å². The second-order valence-electron chi connectivity index (χ2n) is 7.40. The van der Waals surface area contributed by atoms with Crippen molar-refractivity contribution < 1.29 is 14.6 Å². The first-order valence-electron chi connectivity index (χ1n) is 10.3. The van der Waals surface area contributed by atoms with Gasteiger partial charge in [0, 0.05) is 12.6 Å². The van der Waals surface area contributed by atoms with Crippen LogP contribution in [0.5, 0.6) is 5.75 Å². The van der Waals surface area contributed by atoms with E-state index in [0.29, 0.717) is 12.2 Å². The molecule has 1 aliphatic heterocycles. The van der Waals surface area contributed by atoms with Crippen LogP contribution in [0.2, 0.25) is 0 Å². The van der Waals surface area contributed by atoms with Crippen LogP contribution < -0.4 is 20.9 Å². The predicted molar refractivity (Wildman–Crippen MR) is 123 cm³/mol. The fraction of sp³-hybridized carbons (Fsp3) is 0.208. The monoisotopic (exact) mass is 431 g/mol. The van der Waals surface area contributed by atoms with E-state index in [0.717, 1.165) is 28.0 Å². The van der Waals surface area contributed by atoms with Crippen LogP contribution in [0.3, 0.4) is 0 Å². The Hall–Kier alpha value is -3.91. The zero-order valence-corrected chi connectivity index (χ0v) is 17.7. The normalized spacial score (nSPS) is 15.2. The van der Waals surface area contributed by atoms with Gasteiger partial charge in [0.25, 0.3) is 5.91 Å². The van der Waals surface area contributed by atoms with Crippen LogP contribution in [0.4, 0.5) is 5.82 Å². The summed E-state index contributed by atoms with van der Waals surface area (Å²) in [6.45, 7) is 2.16. The lowest BCUT2D eigenvalue weighted by Gasteiger charge is -2.24. The molecule has 1 amide bonds. The smallest absolute Gasteiger partial charge is 0.285 e. The van der Waals surface area contributed by atoms with Gasteiger partial charge in [-0.3, -0.25) is 10.2 Å². The number of aromatic nitrogens is 1. The highest BCUT2D eigenvalue weighted by molar-refractivity contribution is 6.38. The Balaban J connectivity index is 1.65. The Kier molecular flexibility index (Phi) is 6.32. The molecule has 4 rings (SSSR count). The molecule has 8 heteroatoms. The molecule has 0 aliphatic carbocycles. The molecule has 0 saturated heterocycles. The highest BCUT2D eigenvalue weighted by Crippen LogP contribution is 2.32. The maximum atomic E-state index is 11.8. The van der Waals surface area contributed by atoms with Crippen LogP contribution in [0.1, 0.15) is 11.1 Å². The van der Waals surface area contributed by atoms with Crippen LogP contribution in [0.25, 0.3) is 11.1 Å². The molecule has 1 atom stereocenters. The summed E-state index contributed by atoms with van der Waals surface area (Å²) in [7, 11) is 0. The predicted octanol–water partition coefficient (Wildman–Crippen LogP) is 2.21.